The molecule has 0 heterocycles. The Bertz CT molecular complexity index is 520. The number of carbonyl (C=O) groups is 1. The van der Waals surface area contributed by atoms with Gasteiger partial charge in [-0.2, -0.15) is 0 Å². The molecule has 0 spiro atoms. The molecule has 2 aromatic carbocycles. The van der Waals surface area contributed by atoms with E-state index < -0.39 is 0 Å². The zero-order valence-electron chi connectivity index (χ0n) is 8.41. The van der Waals surface area contributed by atoms with Gasteiger partial charge in [0, 0.05) is 21.7 Å². The van der Waals surface area contributed by atoms with Crippen LogP contribution in [0.4, 0.5) is 5.69 Å². The highest BCUT2D eigenvalue weighted by Gasteiger charge is 2.11. The smallest absolute Gasteiger partial charge is 0.195 e. The molecule has 2 aromatic rings. The number of nitrogens with two attached hydrogens (primary N) is 1. The Labute approximate surface area is 102 Å². The van der Waals surface area contributed by atoms with Crippen molar-refractivity contribution in [3.63, 3.8) is 0 Å². The average molecular weight is 275 g/mol. The van der Waals surface area contributed by atoms with Crippen LogP contribution in [0.15, 0.2) is 46.9 Å². The van der Waals surface area contributed by atoms with Crippen molar-refractivity contribution in [1.82, 2.24) is 0 Å². The van der Waals surface area contributed by atoms with Crippen LogP contribution in [-0.4, -0.2) is 5.78 Å². The second-order valence-corrected chi connectivity index (χ2v) is 4.25. The third kappa shape index (κ3) is 2.14. The van der Waals surface area contributed by atoms with Crippen molar-refractivity contribution < 1.29 is 4.79 Å². The molecule has 2 nitrogen and oxygen atoms in total. The molecular weight excluding hydrogens is 266 g/mol. The van der Waals surface area contributed by atoms with Crippen molar-refractivity contribution in [3.05, 3.63) is 64.1 Å². The van der Waals surface area contributed by atoms with Crippen LogP contribution in [0.1, 0.15) is 15.9 Å². The zero-order chi connectivity index (χ0) is 11.5. The fourth-order valence-electron chi connectivity index (χ4n) is 1.40. The summed E-state index contributed by atoms with van der Waals surface area (Å²) < 4.78 is 0.941. The monoisotopic (exact) mass is 274 g/mol. The van der Waals surface area contributed by atoms with Gasteiger partial charge in [-0.25, -0.2) is 0 Å². The minimum absolute atomic E-state index is 0.0816. The van der Waals surface area contributed by atoms with E-state index in [9.17, 15) is 4.79 Å². The molecule has 2 N–H and O–H groups in total. The summed E-state index contributed by atoms with van der Waals surface area (Å²) in [7, 11) is 0. The Morgan fingerprint density at radius 2 is 1.88 bits per heavy atom. The molecule has 0 saturated heterocycles. The van der Waals surface area contributed by atoms with E-state index in [1.807, 2.05) is 12.1 Å². The van der Waals surface area contributed by atoms with Gasteiger partial charge < -0.3 is 5.73 Å². The first-order valence-corrected chi connectivity index (χ1v) is 5.54. The predicted octanol–water partition coefficient (Wildman–Crippen LogP) is 3.06. The first-order valence-electron chi connectivity index (χ1n) is 4.75. The van der Waals surface area contributed by atoms with E-state index in [1.54, 1.807) is 30.3 Å². The lowest BCUT2D eigenvalue weighted by molar-refractivity contribution is 0.103. The Kier molecular flexibility index (Phi) is 3.06. The third-order valence-electron chi connectivity index (χ3n) is 2.24. The molecule has 0 aliphatic rings. The van der Waals surface area contributed by atoms with Gasteiger partial charge in [0.05, 0.1) is 5.69 Å². The number of hydrogen-bond donors (Lipinski definition) is 1. The van der Waals surface area contributed by atoms with Crippen molar-refractivity contribution in [2.75, 3.05) is 5.73 Å². The molecule has 0 bridgehead atoms. The SMILES string of the molecule is Nc1[c]cccc1C(=O)c1ccc(Br)cc1. The maximum atomic E-state index is 12.1. The first-order chi connectivity index (χ1) is 7.68. The van der Waals surface area contributed by atoms with Crippen molar-refractivity contribution in [2.24, 2.45) is 0 Å². The largest absolute Gasteiger partial charge is 0.398 e. The van der Waals surface area contributed by atoms with Crippen LogP contribution >= 0.6 is 15.9 Å². The topological polar surface area (TPSA) is 43.1 Å². The second kappa shape index (κ2) is 4.49. The Morgan fingerprint density at radius 1 is 1.19 bits per heavy atom. The number of rotatable bonds is 2. The summed E-state index contributed by atoms with van der Waals surface area (Å²) in [6.07, 6.45) is 0. The number of carbonyl (C=O) groups excluding carboxylic acids is 1. The lowest BCUT2D eigenvalue weighted by Crippen LogP contribution is -2.04. The van der Waals surface area contributed by atoms with E-state index in [4.69, 9.17) is 5.73 Å². The van der Waals surface area contributed by atoms with Gasteiger partial charge in [0.1, 0.15) is 0 Å². The van der Waals surface area contributed by atoms with E-state index in [1.165, 1.54) is 0 Å². The molecule has 0 aliphatic heterocycles. The van der Waals surface area contributed by atoms with Crippen LogP contribution < -0.4 is 5.73 Å². The zero-order valence-corrected chi connectivity index (χ0v) is 9.99. The minimum Gasteiger partial charge on any atom is -0.398 e. The maximum Gasteiger partial charge on any atom is 0.195 e. The summed E-state index contributed by atoms with van der Waals surface area (Å²) in [5.41, 5.74) is 7.20. The van der Waals surface area contributed by atoms with E-state index in [0.29, 0.717) is 16.8 Å². The highest BCUT2D eigenvalue weighted by molar-refractivity contribution is 9.10. The van der Waals surface area contributed by atoms with Gasteiger partial charge in [-0.15, -0.1) is 0 Å². The molecule has 16 heavy (non-hydrogen) atoms. The van der Waals surface area contributed by atoms with Gasteiger partial charge in [-0.1, -0.05) is 28.1 Å². The average Bonchev–Trinajstić information content (AvgIpc) is 2.30. The molecule has 2 rings (SSSR count). The molecule has 0 fully saturated rings. The number of para-hydroxylation sites is 1. The van der Waals surface area contributed by atoms with Crippen molar-refractivity contribution >= 4 is 27.4 Å². The fourth-order valence-corrected chi connectivity index (χ4v) is 1.67. The summed E-state index contributed by atoms with van der Waals surface area (Å²) >= 11 is 3.32. The molecule has 3 heteroatoms. The highest BCUT2D eigenvalue weighted by Crippen LogP contribution is 2.17. The Morgan fingerprint density at radius 3 is 2.50 bits per heavy atom. The fraction of sp³-hybridized carbons (Fsp3) is 0. The van der Waals surface area contributed by atoms with Crippen molar-refractivity contribution in [2.45, 2.75) is 0 Å². The van der Waals surface area contributed by atoms with Gasteiger partial charge in [0.15, 0.2) is 5.78 Å². The van der Waals surface area contributed by atoms with Gasteiger partial charge in [0.2, 0.25) is 0 Å². The number of ketones is 1. The normalized spacial score (nSPS) is 10.1. The standard InChI is InChI=1S/C13H9BrNO/c14-10-7-5-9(6-8-10)13(16)11-3-1-2-4-12(11)15/h1-3,5-8H,15H2. The van der Waals surface area contributed by atoms with E-state index in [-0.39, 0.29) is 5.78 Å². The van der Waals surface area contributed by atoms with E-state index in [2.05, 4.69) is 22.0 Å². The van der Waals surface area contributed by atoms with Crippen LogP contribution in [0, 0.1) is 6.07 Å². The van der Waals surface area contributed by atoms with Crippen molar-refractivity contribution in [3.8, 4) is 0 Å². The first kappa shape index (κ1) is 10.9. The summed E-state index contributed by atoms with van der Waals surface area (Å²) in [6.45, 7) is 0. The molecule has 0 saturated carbocycles. The number of halogens is 1. The maximum absolute atomic E-state index is 12.1. The Hall–Kier alpha value is -1.61. The molecular formula is C13H9BrNO. The van der Waals surface area contributed by atoms with Crippen LogP contribution in [0.25, 0.3) is 0 Å². The summed E-state index contributed by atoms with van der Waals surface area (Å²) in [6, 6.07) is 15.1. The summed E-state index contributed by atoms with van der Waals surface area (Å²) in [5.74, 6) is -0.0816. The number of hydrogen-bond acceptors (Lipinski definition) is 2. The van der Waals surface area contributed by atoms with Gasteiger partial charge in [0.25, 0.3) is 0 Å². The quantitative estimate of drug-likeness (QED) is 0.676. The van der Waals surface area contributed by atoms with Crippen LogP contribution in [0.3, 0.4) is 0 Å². The van der Waals surface area contributed by atoms with Gasteiger partial charge >= 0.3 is 0 Å². The molecule has 1 radical (unpaired) electrons. The summed E-state index contributed by atoms with van der Waals surface area (Å²) in [4.78, 5) is 12.1. The molecule has 0 unspecified atom stereocenters. The van der Waals surface area contributed by atoms with E-state index in [0.717, 1.165) is 4.47 Å². The molecule has 0 atom stereocenters. The predicted molar refractivity (Wildman–Crippen MR) is 67.3 cm³/mol. The minimum atomic E-state index is -0.0816. The van der Waals surface area contributed by atoms with E-state index >= 15 is 0 Å². The molecule has 0 aromatic heterocycles. The highest BCUT2D eigenvalue weighted by atomic mass is 79.9. The lowest BCUT2D eigenvalue weighted by Gasteiger charge is -2.04. The Balaban J connectivity index is 2.40. The van der Waals surface area contributed by atoms with Crippen LogP contribution in [-0.2, 0) is 0 Å². The molecule has 79 valence electrons. The van der Waals surface area contributed by atoms with Crippen LogP contribution in [0.2, 0.25) is 0 Å². The number of nitrogen functional groups attached to an aromatic ring is 1. The second-order valence-electron chi connectivity index (χ2n) is 3.33. The number of benzene rings is 2. The van der Waals surface area contributed by atoms with Gasteiger partial charge in [-0.05, 0) is 30.3 Å². The van der Waals surface area contributed by atoms with Gasteiger partial charge in [-0.3, -0.25) is 4.79 Å². The molecule has 0 aliphatic carbocycles. The lowest BCUT2D eigenvalue weighted by atomic mass is 10.0. The van der Waals surface area contributed by atoms with Crippen LogP contribution in [0.5, 0.6) is 0 Å². The third-order valence-corrected chi connectivity index (χ3v) is 2.77. The molecule has 0 amide bonds. The summed E-state index contributed by atoms with van der Waals surface area (Å²) in [5, 5.41) is 0. The van der Waals surface area contributed by atoms with Crippen molar-refractivity contribution in [1.29, 1.82) is 0 Å². The number of anilines is 1.